The van der Waals surface area contributed by atoms with Gasteiger partial charge in [-0.25, -0.2) is 0 Å². The van der Waals surface area contributed by atoms with Gasteiger partial charge in [0.15, 0.2) is 13.1 Å². The fourth-order valence-electron chi connectivity index (χ4n) is 2.27. The van der Waals surface area contributed by atoms with Gasteiger partial charge in [0, 0.05) is 11.1 Å². The van der Waals surface area contributed by atoms with E-state index in [1.807, 2.05) is 32.2 Å². The molecule has 1 fully saturated rings. The first-order chi connectivity index (χ1) is 10.4. The first-order valence-electron chi connectivity index (χ1n) is 7.59. The maximum Gasteiger partial charge on any atom is 0.275 e. The molecule has 0 bridgehead atoms. The number of hydrogen-bond donors (Lipinski definition) is 3. The van der Waals surface area contributed by atoms with E-state index < -0.39 is 0 Å². The van der Waals surface area contributed by atoms with Crippen LogP contribution in [0.2, 0.25) is 5.02 Å². The van der Waals surface area contributed by atoms with Crippen LogP contribution in [-0.4, -0.2) is 38.0 Å². The Morgan fingerprint density at radius 2 is 2.00 bits per heavy atom. The number of nitrogens with one attached hydrogen (secondary N) is 3. The lowest BCUT2D eigenvalue weighted by Gasteiger charge is -2.17. The van der Waals surface area contributed by atoms with Crippen LogP contribution in [0.1, 0.15) is 31.4 Å². The first-order valence-corrected chi connectivity index (χ1v) is 7.97. The van der Waals surface area contributed by atoms with Crippen molar-refractivity contribution >= 4 is 23.4 Å². The maximum atomic E-state index is 12.0. The van der Waals surface area contributed by atoms with Gasteiger partial charge in [-0.3, -0.25) is 9.59 Å². The molecule has 0 spiro atoms. The molecule has 6 heteroatoms. The van der Waals surface area contributed by atoms with Crippen LogP contribution >= 0.6 is 11.6 Å². The van der Waals surface area contributed by atoms with Crippen molar-refractivity contribution in [3.63, 3.8) is 0 Å². The third-order valence-electron chi connectivity index (χ3n) is 3.59. The number of carbonyl (C=O) groups is 2. The minimum atomic E-state index is -0.112. The summed E-state index contributed by atoms with van der Waals surface area (Å²) in [5.41, 5.74) is 0.963. The summed E-state index contributed by atoms with van der Waals surface area (Å²) in [5, 5.41) is 6.51. The average Bonchev–Trinajstić information content (AvgIpc) is 3.21. The molecule has 1 unspecified atom stereocenters. The van der Waals surface area contributed by atoms with Crippen LogP contribution in [0, 0.1) is 0 Å². The molecule has 2 atom stereocenters. The molecule has 5 nitrogen and oxygen atoms in total. The number of quaternary nitrogens is 1. The molecule has 0 heterocycles. The van der Waals surface area contributed by atoms with E-state index in [0.717, 1.165) is 23.3 Å². The zero-order chi connectivity index (χ0) is 16.1. The second-order valence-electron chi connectivity index (χ2n) is 6.00. The number of amides is 2. The lowest BCUT2D eigenvalue weighted by molar-refractivity contribution is -0.862. The minimum absolute atomic E-state index is 0.00990. The maximum absolute atomic E-state index is 12.0. The molecule has 0 saturated heterocycles. The Labute approximate surface area is 136 Å². The topological polar surface area (TPSA) is 62.6 Å². The quantitative estimate of drug-likeness (QED) is 0.676. The number of benzene rings is 1. The third-order valence-corrected chi connectivity index (χ3v) is 3.83. The summed E-state index contributed by atoms with van der Waals surface area (Å²) in [6.07, 6.45) is 2.14. The van der Waals surface area contributed by atoms with E-state index in [-0.39, 0.29) is 24.4 Å². The number of hydrogen-bond acceptors (Lipinski definition) is 2. The van der Waals surface area contributed by atoms with Gasteiger partial charge in [-0.1, -0.05) is 23.7 Å². The molecule has 1 aromatic carbocycles. The molecule has 1 aromatic rings. The summed E-state index contributed by atoms with van der Waals surface area (Å²) >= 11 is 5.95. The molecule has 0 radical (unpaired) electrons. The van der Waals surface area contributed by atoms with Gasteiger partial charge in [0.25, 0.3) is 11.8 Å². The van der Waals surface area contributed by atoms with E-state index in [1.165, 1.54) is 0 Å². The van der Waals surface area contributed by atoms with Gasteiger partial charge in [-0.05, 0) is 37.5 Å². The monoisotopic (exact) mass is 324 g/mol. The van der Waals surface area contributed by atoms with Crippen LogP contribution in [0.5, 0.6) is 0 Å². The Hall–Kier alpha value is -1.59. The molecule has 1 saturated carbocycles. The SMILES string of the molecule is C[C@H](NC(=O)C[NH+](C)CC(=O)NC1CC1)c1cccc(Cl)c1. The molecule has 0 aliphatic heterocycles. The van der Waals surface area contributed by atoms with Gasteiger partial charge in [0.05, 0.1) is 13.1 Å². The molecular formula is C16H23ClN3O2+. The van der Waals surface area contributed by atoms with E-state index in [9.17, 15) is 9.59 Å². The van der Waals surface area contributed by atoms with Crippen molar-refractivity contribution in [1.82, 2.24) is 10.6 Å². The highest BCUT2D eigenvalue weighted by Gasteiger charge is 2.25. The van der Waals surface area contributed by atoms with Gasteiger partial charge in [-0.2, -0.15) is 0 Å². The van der Waals surface area contributed by atoms with E-state index in [4.69, 9.17) is 11.6 Å². The van der Waals surface area contributed by atoms with Gasteiger partial charge in [0.1, 0.15) is 0 Å². The highest BCUT2D eigenvalue weighted by Crippen LogP contribution is 2.18. The summed E-state index contributed by atoms with van der Waals surface area (Å²) in [7, 11) is 1.84. The summed E-state index contributed by atoms with van der Waals surface area (Å²) in [6.45, 7) is 2.50. The van der Waals surface area contributed by atoms with Crippen molar-refractivity contribution in [2.75, 3.05) is 20.1 Å². The summed E-state index contributed by atoms with van der Waals surface area (Å²) in [6, 6.07) is 7.68. The van der Waals surface area contributed by atoms with Crippen LogP contribution in [0.15, 0.2) is 24.3 Å². The summed E-state index contributed by atoms with van der Waals surface area (Å²) < 4.78 is 0. The molecule has 22 heavy (non-hydrogen) atoms. The highest BCUT2D eigenvalue weighted by atomic mass is 35.5. The van der Waals surface area contributed by atoms with Gasteiger partial charge < -0.3 is 15.5 Å². The Bertz CT molecular complexity index is 546. The van der Waals surface area contributed by atoms with Crippen molar-refractivity contribution < 1.29 is 14.5 Å². The number of likely N-dealkylation sites (N-methyl/N-ethyl adjacent to an activating group) is 1. The standard InChI is InChI=1S/C16H22ClN3O2/c1-11(12-4-3-5-13(17)8-12)18-15(21)9-20(2)10-16(22)19-14-6-7-14/h3-5,8,11,14H,6-7,9-10H2,1-2H3,(H,18,21)(H,19,22)/p+1/t11-/m0/s1. The normalized spacial score (nSPS) is 16.7. The molecule has 1 aliphatic rings. The number of rotatable bonds is 7. The molecule has 1 aliphatic carbocycles. The Kier molecular flexibility index (Phi) is 5.80. The predicted octanol–water partition coefficient (Wildman–Crippen LogP) is 0.311. The van der Waals surface area contributed by atoms with Crippen LogP contribution in [0.3, 0.4) is 0 Å². The van der Waals surface area contributed by atoms with Crippen molar-refractivity contribution in [2.24, 2.45) is 0 Å². The van der Waals surface area contributed by atoms with Crippen molar-refractivity contribution in [3.05, 3.63) is 34.9 Å². The Morgan fingerprint density at radius 3 is 2.64 bits per heavy atom. The lowest BCUT2D eigenvalue weighted by Crippen LogP contribution is -3.11. The van der Waals surface area contributed by atoms with Crippen molar-refractivity contribution in [3.8, 4) is 0 Å². The lowest BCUT2D eigenvalue weighted by atomic mass is 10.1. The second-order valence-corrected chi connectivity index (χ2v) is 6.43. The zero-order valence-corrected chi connectivity index (χ0v) is 13.7. The van der Waals surface area contributed by atoms with E-state index >= 15 is 0 Å². The second kappa shape index (κ2) is 7.61. The van der Waals surface area contributed by atoms with E-state index in [0.29, 0.717) is 17.6 Å². The van der Waals surface area contributed by atoms with Gasteiger partial charge >= 0.3 is 0 Å². The molecule has 120 valence electrons. The highest BCUT2D eigenvalue weighted by molar-refractivity contribution is 6.30. The predicted molar refractivity (Wildman–Crippen MR) is 85.8 cm³/mol. The fraction of sp³-hybridized carbons (Fsp3) is 0.500. The third kappa shape index (κ3) is 5.66. The van der Waals surface area contributed by atoms with Gasteiger partial charge in [-0.15, -0.1) is 0 Å². The van der Waals surface area contributed by atoms with E-state index in [1.54, 1.807) is 6.07 Å². The molecule has 3 N–H and O–H groups in total. The zero-order valence-electron chi connectivity index (χ0n) is 13.0. The van der Waals surface area contributed by atoms with Crippen LogP contribution in [0.25, 0.3) is 0 Å². The summed E-state index contributed by atoms with van der Waals surface area (Å²) in [5.74, 6) is -0.0695. The van der Waals surface area contributed by atoms with Crippen LogP contribution < -0.4 is 15.5 Å². The summed E-state index contributed by atoms with van der Waals surface area (Å²) in [4.78, 5) is 24.6. The Morgan fingerprint density at radius 1 is 1.32 bits per heavy atom. The number of carbonyl (C=O) groups excluding carboxylic acids is 2. The molecule has 2 rings (SSSR count). The van der Waals surface area contributed by atoms with Crippen LogP contribution in [0.4, 0.5) is 0 Å². The van der Waals surface area contributed by atoms with Gasteiger partial charge in [0.2, 0.25) is 0 Å². The Balaban J connectivity index is 1.75. The smallest absolute Gasteiger partial charge is 0.275 e. The average molecular weight is 325 g/mol. The fourth-order valence-corrected chi connectivity index (χ4v) is 2.47. The molecule has 2 amide bonds. The first kappa shape index (κ1) is 16.8. The van der Waals surface area contributed by atoms with Crippen molar-refractivity contribution in [2.45, 2.75) is 31.8 Å². The molecule has 0 aromatic heterocycles. The van der Waals surface area contributed by atoms with Crippen LogP contribution in [-0.2, 0) is 9.59 Å². The number of halogens is 1. The minimum Gasteiger partial charge on any atom is -0.348 e. The van der Waals surface area contributed by atoms with Crippen molar-refractivity contribution in [1.29, 1.82) is 0 Å². The molecular weight excluding hydrogens is 302 g/mol. The van der Waals surface area contributed by atoms with E-state index in [2.05, 4.69) is 10.6 Å². The largest absolute Gasteiger partial charge is 0.348 e.